The van der Waals surface area contributed by atoms with E-state index in [9.17, 15) is 10.3 Å². The largest absolute Gasteiger partial charge is 0.633 e. The second-order valence-corrected chi connectivity index (χ2v) is 4.91. The van der Waals surface area contributed by atoms with Gasteiger partial charge in [0, 0.05) is 11.1 Å². The van der Waals surface area contributed by atoms with Crippen molar-refractivity contribution >= 4 is 0 Å². The van der Waals surface area contributed by atoms with Gasteiger partial charge in [0.15, 0.2) is 0 Å². The van der Waals surface area contributed by atoms with Crippen LogP contribution in [0.4, 0.5) is 0 Å². The standard InChI is InChI=1S/C15H17NO2/c1-16(2,18)11-13-9-6-10-14(15(13)17)12-7-4-3-5-8-12/h3-10,17H,11H2,1-2H3. The van der Waals surface area contributed by atoms with Crippen LogP contribution in [0, 0.1) is 5.21 Å². The van der Waals surface area contributed by atoms with Gasteiger partial charge in [-0.25, -0.2) is 0 Å². The first-order valence-corrected chi connectivity index (χ1v) is 5.88. The molecule has 18 heavy (non-hydrogen) atoms. The summed E-state index contributed by atoms with van der Waals surface area (Å²) in [4.78, 5) is 0. The topological polar surface area (TPSA) is 43.3 Å². The molecule has 1 N–H and O–H groups in total. The molecular weight excluding hydrogens is 226 g/mol. The Kier molecular flexibility index (Phi) is 3.36. The first-order chi connectivity index (χ1) is 8.47. The van der Waals surface area contributed by atoms with E-state index in [0.717, 1.165) is 11.1 Å². The highest BCUT2D eigenvalue weighted by Crippen LogP contribution is 2.32. The van der Waals surface area contributed by atoms with Gasteiger partial charge in [0.1, 0.15) is 12.3 Å². The maximum Gasteiger partial charge on any atom is 0.132 e. The average molecular weight is 243 g/mol. The minimum atomic E-state index is -0.453. The molecule has 2 aromatic rings. The Morgan fingerprint density at radius 2 is 1.67 bits per heavy atom. The van der Waals surface area contributed by atoms with Gasteiger partial charge in [-0.2, -0.15) is 0 Å². The number of hydrogen-bond acceptors (Lipinski definition) is 2. The highest BCUT2D eigenvalue weighted by molar-refractivity contribution is 5.71. The van der Waals surface area contributed by atoms with Crippen molar-refractivity contribution in [3.05, 3.63) is 59.3 Å². The van der Waals surface area contributed by atoms with Gasteiger partial charge in [-0.05, 0) is 11.6 Å². The molecule has 0 fully saturated rings. The zero-order valence-corrected chi connectivity index (χ0v) is 10.6. The number of aromatic hydroxyl groups is 1. The first-order valence-electron chi connectivity index (χ1n) is 5.88. The summed E-state index contributed by atoms with van der Waals surface area (Å²) >= 11 is 0. The van der Waals surface area contributed by atoms with Crippen LogP contribution in [0.25, 0.3) is 11.1 Å². The summed E-state index contributed by atoms with van der Waals surface area (Å²) in [5, 5.41) is 22.0. The number of nitrogens with zero attached hydrogens (tertiary/aromatic N) is 1. The summed E-state index contributed by atoms with van der Waals surface area (Å²) < 4.78 is -0.453. The van der Waals surface area contributed by atoms with E-state index in [0.29, 0.717) is 5.56 Å². The van der Waals surface area contributed by atoms with Gasteiger partial charge in [-0.3, -0.25) is 0 Å². The molecule has 0 aliphatic carbocycles. The van der Waals surface area contributed by atoms with Crippen molar-refractivity contribution in [1.29, 1.82) is 0 Å². The van der Waals surface area contributed by atoms with Crippen LogP contribution in [0.5, 0.6) is 5.75 Å². The second-order valence-electron chi connectivity index (χ2n) is 4.91. The Morgan fingerprint density at radius 1 is 1.00 bits per heavy atom. The zero-order chi connectivity index (χ0) is 13.2. The molecule has 0 aromatic heterocycles. The number of quaternary nitrogens is 1. The maximum atomic E-state index is 11.7. The summed E-state index contributed by atoms with van der Waals surface area (Å²) in [5.74, 6) is 0.200. The first kappa shape index (κ1) is 12.6. The number of phenolic OH excluding ortho intramolecular Hbond substituents is 1. The van der Waals surface area contributed by atoms with Gasteiger partial charge in [0.25, 0.3) is 0 Å². The summed E-state index contributed by atoms with van der Waals surface area (Å²) in [5.41, 5.74) is 2.39. The van der Waals surface area contributed by atoms with E-state index in [1.165, 1.54) is 0 Å². The Morgan fingerprint density at radius 3 is 2.28 bits per heavy atom. The van der Waals surface area contributed by atoms with E-state index in [-0.39, 0.29) is 12.3 Å². The summed E-state index contributed by atoms with van der Waals surface area (Å²) in [6.45, 7) is 0.256. The van der Waals surface area contributed by atoms with Gasteiger partial charge < -0.3 is 15.0 Å². The predicted molar refractivity (Wildman–Crippen MR) is 72.7 cm³/mol. The number of hydrogen-bond donors (Lipinski definition) is 1. The van der Waals surface area contributed by atoms with E-state index in [1.807, 2.05) is 42.5 Å². The second kappa shape index (κ2) is 4.80. The molecule has 2 aromatic carbocycles. The van der Waals surface area contributed by atoms with Gasteiger partial charge in [-0.1, -0.05) is 42.5 Å². The molecular formula is C15H17NO2. The van der Waals surface area contributed by atoms with E-state index < -0.39 is 4.65 Å². The molecule has 0 amide bonds. The summed E-state index contributed by atoms with van der Waals surface area (Å²) in [7, 11) is 3.13. The smallest absolute Gasteiger partial charge is 0.132 e. The van der Waals surface area contributed by atoms with Crippen LogP contribution < -0.4 is 0 Å². The molecule has 0 aliphatic rings. The number of rotatable bonds is 3. The lowest BCUT2D eigenvalue weighted by atomic mass is 10.0. The van der Waals surface area contributed by atoms with E-state index in [4.69, 9.17) is 0 Å². The third kappa shape index (κ3) is 2.88. The highest BCUT2D eigenvalue weighted by Gasteiger charge is 2.13. The number of hydroxylamine groups is 3. The van der Waals surface area contributed by atoms with Crippen molar-refractivity contribution in [3.63, 3.8) is 0 Å². The number of benzene rings is 2. The summed E-state index contributed by atoms with van der Waals surface area (Å²) in [6.07, 6.45) is 0. The molecule has 2 rings (SSSR count). The van der Waals surface area contributed by atoms with Crippen molar-refractivity contribution in [2.75, 3.05) is 14.1 Å². The minimum Gasteiger partial charge on any atom is -0.633 e. The van der Waals surface area contributed by atoms with Crippen molar-refractivity contribution in [1.82, 2.24) is 0 Å². The zero-order valence-electron chi connectivity index (χ0n) is 10.6. The third-order valence-corrected chi connectivity index (χ3v) is 2.76. The summed E-state index contributed by atoms with van der Waals surface area (Å²) in [6, 6.07) is 15.2. The molecule has 3 nitrogen and oxygen atoms in total. The van der Waals surface area contributed by atoms with Gasteiger partial charge >= 0.3 is 0 Å². The van der Waals surface area contributed by atoms with Crippen LogP contribution in [0.15, 0.2) is 48.5 Å². The Labute approximate surface area is 107 Å². The molecule has 0 radical (unpaired) electrons. The quantitative estimate of drug-likeness (QED) is 0.664. The lowest BCUT2D eigenvalue weighted by Crippen LogP contribution is -2.31. The molecule has 0 heterocycles. The van der Waals surface area contributed by atoms with Crippen LogP contribution in [-0.4, -0.2) is 23.8 Å². The van der Waals surface area contributed by atoms with Crippen LogP contribution in [-0.2, 0) is 6.54 Å². The van der Waals surface area contributed by atoms with Crippen molar-refractivity contribution in [2.24, 2.45) is 0 Å². The van der Waals surface area contributed by atoms with Crippen LogP contribution in [0.1, 0.15) is 5.56 Å². The average Bonchev–Trinajstić information content (AvgIpc) is 2.31. The molecule has 94 valence electrons. The highest BCUT2D eigenvalue weighted by atomic mass is 16.5. The van der Waals surface area contributed by atoms with Crippen molar-refractivity contribution < 1.29 is 9.75 Å². The molecule has 0 unspecified atom stereocenters. The fourth-order valence-electron chi connectivity index (χ4n) is 1.98. The maximum absolute atomic E-state index is 11.7. The molecule has 3 heteroatoms. The fraction of sp³-hybridized carbons (Fsp3) is 0.200. The van der Waals surface area contributed by atoms with Crippen molar-refractivity contribution in [2.45, 2.75) is 6.54 Å². The number of para-hydroxylation sites is 1. The molecule has 0 saturated carbocycles. The normalized spacial score (nSPS) is 11.5. The van der Waals surface area contributed by atoms with Gasteiger partial charge in [0.05, 0.1) is 14.1 Å². The Bertz CT molecular complexity index is 530. The lowest BCUT2D eigenvalue weighted by molar-refractivity contribution is -0.853. The molecule has 0 bridgehead atoms. The SMILES string of the molecule is C[N+](C)([O-])Cc1cccc(-c2ccccc2)c1O. The molecule has 0 spiro atoms. The van der Waals surface area contributed by atoms with Crippen molar-refractivity contribution in [3.8, 4) is 16.9 Å². The third-order valence-electron chi connectivity index (χ3n) is 2.76. The predicted octanol–water partition coefficient (Wildman–Crippen LogP) is 3.13. The van der Waals surface area contributed by atoms with Crippen LogP contribution in [0.2, 0.25) is 0 Å². The van der Waals surface area contributed by atoms with Gasteiger partial charge in [0.2, 0.25) is 0 Å². The van der Waals surface area contributed by atoms with Crippen LogP contribution in [0.3, 0.4) is 0 Å². The van der Waals surface area contributed by atoms with Gasteiger partial charge in [-0.15, -0.1) is 0 Å². The monoisotopic (exact) mass is 243 g/mol. The fourth-order valence-corrected chi connectivity index (χ4v) is 1.98. The van der Waals surface area contributed by atoms with Crippen LogP contribution >= 0.6 is 0 Å². The molecule has 0 saturated heterocycles. The number of phenols is 1. The van der Waals surface area contributed by atoms with E-state index >= 15 is 0 Å². The van der Waals surface area contributed by atoms with E-state index in [2.05, 4.69) is 0 Å². The minimum absolute atomic E-state index is 0.200. The Hall–Kier alpha value is -1.84. The molecule has 0 aliphatic heterocycles. The lowest BCUT2D eigenvalue weighted by Gasteiger charge is -2.34. The van der Waals surface area contributed by atoms with E-state index in [1.54, 1.807) is 20.2 Å². The molecule has 0 atom stereocenters. The Balaban J connectivity index is 2.43.